The summed E-state index contributed by atoms with van der Waals surface area (Å²) >= 11 is 6.02. The monoisotopic (exact) mass is 538 g/mol. The van der Waals surface area contributed by atoms with Crippen molar-refractivity contribution >= 4 is 35.4 Å². The second-order valence-corrected chi connectivity index (χ2v) is 10.3. The molecule has 1 aliphatic heterocycles. The molecule has 8 nitrogen and oxygen atoms in total. The molecule has 9 heteroatoms. The molecule has 4 rings (SSSR count). The fraction of sp³-hybridized carbons (Fsp3) is 0.414. The lowest BCUT2D eigenvalue weighted by Crippen LogP contribution is -2.56. The topological polar surface area (TPSA) is 99.8 Å². The molecule has 0 aromatic heterocycles. The number of likely N-dealkylation sites (N-methyl/N-ethyl adjacent to an activating group) is 1. The first kappa shape index (κ1) is 27.7. The van der Waals surface area contributed by atoms with Gasteiger partial charge in [-0.25, -0.2) is 0 Å². The van der Waals surface area contributed by atoms with Crippen LogP contribution in [0.1, 0.15) is 30.9 Å². The van der Waals surface area contributed by atoms with E-state index in [2.05, 4.69) is 16.0 Å². The maximum absolute atomic E-state index is 13.4. The van der Waals surface area contributed by atoms with Gasteiger partial charge in [0.1, 0.15) is 24.4 Å². The minimum Gasteiger partial charge on any atom is -0.492 e. The van der Waals surface area contributed by atoms with Crippen LogP contribution < -0.4 is 20.7 Å². The van der Waals surface area contributed by atoms with Crippen LogP contribution in [0.4, 0.5) is 0 Å². The number of amides is 3. The molecule has 0 radical (unpaired) electrons. The van der Waals surface area contributed by atoms with Crippen LogP contribution in [0.15, 0.2) is 54.6 Å². The van der Waals surface area contributed by atoms with Crippen LogP contribution in [-0.2, 0) is 20.8 Å². The highest BCUT2D eigenvalue weighted by molar-refractivity contribution is 6.30. The first-order valence-electron chi connectivity index (χ1n) is 13.0. The van der Waals surface area contributed by atoms with Crippen LogP contribution in [0.25, 0.3) is 6.08 Å². The van der Waals surface area contributed by atoms with Crippen molar-refractivity contribution in [1.29, 1.82) is 0 Å². The van der Waals surface area contributed by atoms with E-state index >= 15 is 0 Å². The summed E-state index contributed by atoms with van der Waals surface area (Å²) in [7, 11) is 1.63. The summed E-state index contributed by atoms with van der Waals surface area (Å²) in [6.07, 6.45) is 5.96. The van der Waals surface area contributed by atoms with Crippen LogP contribution in [0, 0.1) is 5.92 Å². The van der Waals surface area contributed by atoms with Gasteiger partial charge in [-0.2, -0.15) is 0 Å². The molecule has 2 aromatic rings. The van der Waals surface area contributed by atoms with E-state index in [1.54, 1.807) is 26.1 Å². The number of rotatable bonds is 3. The van der Waals surface area contributed by atoms with Crippen molar-refractivity contribution < 1.29 is 19.1 Å². The van der Waals surface area contributed by atoms with E-state index in [0.29, 0.717) is 18.2 Å². The Hall–Kier alpha value is -3.36. The highest BCUT2D eigenvalue weighted by Crippen LogP contribution is 2.33. The molecule has 1 fully saturated rings. The Kier molecular flexibility index (Phi) is 9.42. The largest absolute Gasteiger partial charge is 0.492 e. The van der Waals surface area contributed by atoms with E-state index in [1.807, 2.05) is 48.6 Å². The average Bonchev–Trinajstić information content (AvgIpc) is 3.76. The van der Waals surface area contributed by atoms with Gasteiger partial charge in [0.15, 0.2) is 0 Å². The predicted molar refractivity (Wildman–Crippen MR) is 148 cm³/mol. The van der Waals surface area contributed by atoms with E-state index in [-0.39, 0.29) is 36.7 Å². The lowest BCUT2D eigenvalue weighted by atomic mass is 10.0. The second-order valence-electron chi connectivity index (χ2n) is 9.82. The van der Waals surface area contributed by atoms with Gasteiger partial charge < -0.3 is 25.6 Å². The lowest BCUT2D eigenvalue weighted by Gasteiger charge is -2.30. The number of nitrogens with zero attached hydrogens (tertiary/aromatic N) is 1. The number of carbonyl (C=O) groups is 3. The molecule has 38 heavy (non-hydrogen) atoms. The SMILES string of the molecule is C[C@@H]1C(=O)N[C@H](Cc2ccc(Cl)cc2)C(=O)NC/C=C\c2ccccc2OCCN[C@@H](C2CC2)C(=O)N1C. The van der Waals surface area contributed by atoms with E-state index in [0.717, 1.165) is 29.7 Å². The Labute approximate surface area is 228 Å². The molecule has 0 spiro atoms. The molecular formula is C29H35ClN4O4. The highest BCUT2D eigenvalue weighted by atomic mass is 35.5. The third kappa shape index (κ3) is 7.36. The Morgan fingerprint density at radius 3 is 2.50 bits per heavy atom. The van der Waals surface area contributed by atoms with Crippen LogP contribution in [0.5, 0.6) is 5.75 Å². The van der Waals surface area contributed by atoms with E-state index in [1.165, 1.54) is 4.90 Å². The lowest BCUT2D eigenvalue weighted by molar-refractivity contribution is -0.141. The van der Waals surface area contributed by atoms with Crippen LogP contribution in [0.2, 0.25) is 5.02 Å². The van der Waals surface area contributed by atoms with Crippen molar-refractivity contribution in [2.75, 3.05) is 26.7 Å². The van der Waals surface area contributed by atoms with Crippen molar-refractivity contribution in [3.05, 3.63) is 70.8 Å². The molecule has 0 unspecified atom stereocenters. The number of hydrogen-bond donors (Lipinski definition) is 3. The Balaban J connectivity index is 1.57. The number of halogens is 1. The molecule has 0 saturated heterocycles. The quantitative estimate of drug-likeness (QED) is 0.558. The number of nitrogens with one attached hydrogen (secondary N) is 3. The third-order valence-electron chi connectivity index (χ3n) is 6.99. The fourth-order valence-electron chi connectivity index (χ4n) is 4.42. The molecule has 3 N–H and O–H groups in total. The Morgan fingerprint density at radius 2 is 1.76 bits per heavy atom. The number of para-hydroxylation sites is 1. The number of fused-ring (bicyclic) bond motifs is 1. The van der Waals surface area contributed by atoms with Gasteiger partial charge in [-0.15, -0.1) is 0 Å². The maximum atomic E-state index is 13.4. The maximum Gasteiger partial charge on any atom is 0.243 e. The van der Waals surface area contributed by atoms with Gasteiger partial charge in [0, 0.05) is 37.1 Å². The van der Waals surface area contributed by atoms with E-state index in [9.17, 15) is 14.4 Å². The standard InChI is InChI=1S/C29H35ClN4O4/c1-19-27(35)33-24(18-20-9-13-23(30)14-10-20)28(36)32-15-5-7-21-6-3-4-8-25(21)38-17-16-31-26(22-11-12-22)29(37)34(19)2/h3-10,13-14,19,22,24,26,31H,11-12,15-18H2,1-2H3,(H,32,36)(H,33,35)/b7-5-/t19-,24-,26+/m1/s1. The normalized spacial score (nSPS) is 24.8. The summed E-state index contributed by atoms with van der Waals surface area (Å²) in [5.74, 6) is 0.120. The number of ether oxygens (including phenoxy) is 1. The van der Waals surface area contributed by atoms with Crippen LogP contribution >= 0.6 is 11.6 Å². The van der Waals surface area contributed by atoms with Crippen molar-refractivity contribution in [2.24, 2.45) is 5.92 Å². The number of benzene rings is 2. The van der Waals surface area contributed by atoms with Crippen molar-refractivity contribution in [2.45, 2.75) is 44.3 Å². The van der Waals surface area contributed by atoms with Crippen molar-refractivity contribution in [1.82, 2.24) is 20.9 Å². The molecular weight excluding hydrogens is 504 g/mol. The first-order chi connectivity index (χ1) is 18.3. The summed E-state index contributed by atoms with van der Waals surface area (Å²) < 4.78 is 6.00. The molecule has 0 bridgehead atoms. The van der Waals surface area contributed by atoms with E-state index in [4.69, 9.17) is 16.3 Å². The zero-order valence-electron chi connectivity index (χ0n) is 21.8. The Bertz CT molecular complexity index is 1170. The third-order valence-corrected chi connectivity index (χ3v) is 7.24. The summed E-state index contributed by atoms with van der Waals surface area (Å²) in [6, 6.07) is 12.9. The molecule has 1 saturated carbocycles. The minimum absolute atomic E-state index is 0.140. The van der Waals surface area contributed by atoms with Gasteiger partial charge in [0.25, 0.3) is 0 Å². The molecule has 3 atom stereocenters. The van der Waals surface area contributed by atoms with Gasteiger partial charge in [-0.1, -0.05) is 54.1 Å². The summed E-state index contributed by atoms with van der Waals surface area (Å²) in [6.45, 7) is 2.84. The molecule has 202 valence electrons. The van der Waals surface area contributed by atoms with Gasteiger partial charge >= 0.3 is 0 Å². The highest BCUT2D eigenvalue weighted by Gasteiger charge is 2.39. The van der Waals surface area contributed by atoms with Crippen molar-refractivity contribution in [3.63, 3.8) is 0 Å². The van der Waals surface area contributed by atoms with Gasteiger partial charge in [0.2, 0.25) is 17.7 Å². The molecule has 1 aliphatic carbocycles. The Morgan fingerprint density at radius 1 is 1.03 bits per heavy atom. The molecule has 2 aromatic carbocycles. The van der Waals surface area contributed by atoms with Gasteiger partial charge in [-0.05, 0) is 49.4 Å². The van der Waals surface area contributed by atoms with E-state index < -0.39 is 18.0 Å². The van der Waals surface area contributed by atoms with Crippen LogP contribution in [-0.4, -0.2) is 67.5 Å². The zero-order chi connectivity index (χ0) is 27.1. The summed E-state index contributed by atoms with van der Waals surface area (Å²) in [5.41, 5.74) is 1.74. The van der Waals surface area contributed by atoms with Crippen LogP contribution in [0.3, 0.4) is 0 Å². The summed E-state index contributed by atoms with van der Waals surface area (Å²) in [4.78, 5) is 41.3. The molecule has 1 heterocycles. The van der Waals surface area contributed by atoms with Crippen molar-refractivity contribution in [3.8, 4) is 5.75 Å². The van der Waals surface area contributed by atoms with Gasteiger partial charge in [-0.3, -0.25) is 14.4 Å². The van der Waals surface area contributed by atoms with Gasteiger partial charge in [0.05, 0.1) is 6.04 Å². The molecule has 3 amide bonds. The summed E-state index contributed by atoms with van der Waals surface area (Å²) in [5, 5.41) is 9.69. The predicted octanol–water partition coefficient (Wildman–Crippen LogP) is 2.80. The smallest absolute Gasteiger partial charge is 0.243 e. The fourth-order valence-corrected chi connectivity index (χ4v) is 4.55. The minimum atomic E-state index is -0.824. The number of hydrogen-bond acceptors (Lipinski definition) is 5. The number of carbonyl (C=O) groups excluding carboxylic acids is 3. The second kappa shape index (κ2) is 12.9. The first-order valence-corrected chi connectivity index (χ1v) is 13.4. The average molecular weight is 539 g/mol. The zero-order valence-corrected chi connectivity index (χ0v) is 22.5. The molecule has 2 aliphatic rings.